The second-order valence-corrected chi connectivity index (χ2v) is 8.80. The maximum Gasteiger partial charge on any atom is 0.338 e. The summed E-state index contributed by atoms with van der Waals surface area (Å²) in [5.74, 6) is -0.968. The first-order valence-corrected chi connectivity index (χ1v) is 10.7. The number of morpholine rings is 1. The molecule has 0 atom stereocenters. The van der Waals surface area contributed by atoms with Crippen molar-refractivity contribution in [1.29, 1.82) is 0 Å². The third kappa shape index (κ3) is 4.90. The van der Waals surface area contributed by atoms with Gasteiger partial charge in [-0.15, -0.1) is 0 Å². The lowest BCUT2D eigenvalue weighted by atomic mass is 10.0. The fraction of sp³-hybridized carbons (Fsp3) is 0.333. The summed E-state index contributed by atoms with van der Waals surface area (Å²) in [6, 6.07) is 11.0. The number of nitrogens with zero attached hydrogens (tertiary/aromatic N) is 1. The van der Waals surface area contributed by atoms with E-state index in [2.05, 4.69) is 0 Å². The standard InChI is InChI=1S/C21H23NO6S/c1-15-3-4-16(2)19(13-15)20(23)14-28-21(24)17-5-7-18(8-6-17)29(25,26)22-9-11-27-12-10-22/h3-8,13H,9-12,14H2,1-2H3. The van der Waals surface area contributed by atoms with Crippen LogP contribution < -0.4 is 0 Å². The van der Waals surface area contributed by atoms with Gasteiger partial charge in [-0.1, -0.05) is 17.7 Å². The van der Waals surface area contributed by atoms with Crippen molar-refractivity contribution in [3.05, 3.63) is 64.7 Å². The number of ether oxygens (including phenoxy) is 2. The van der Waals surface area contributed by atoms with Crippen molar-refractivity contribution in [3.8, 4) is 0 Å². The minimum Gasteiger partial charge on any atom is -0.454 e. The molecule has 8 heteroatoms. The number of benzene rings is 2. The second-order valence-electron chi connectivity index (χ2n) is 6.86. The van der Waals surface area contributed by atoms with Crippen LogP contribution in [0.5, 0.6) is 0 Å². The van der Waals surface area contributed by atoms with E-state index in [0.29, 0.717) is 31.9 Å². The SMILES string of the molecule is Cc1ccc(C)c(C(=O)COC(=O)c2ccc(S(=O)(=O)N3CCOCC3)cc2)c1. The topological polar surface area (TPSA) is 90.0 Å². The van der Waals surface area contributed by atoms with E-state index in [-0.39, 0.29) is 22.8 Å². The van der Waals surface area contributed by atoms with Gasteiger partial charge in [0.2, 0.25) is 15.8 Å². The average molecular weight is 417 g/mol. The van der Waals surface area contributed by atoms with Crippen molar-refractivity contribution in [3.63, 3.8) is 0 Å². The summed E-state index contributed by atoms with van der Waals surface area (Å²) in [5, 5.41) is 0. The summed E-state index contributed by atoms with van der Waals surface area (Å²) in [6.07, 6.45) is 0. The number of carbonyl (C=O) groups excluding carboxylic acids is 2. The van der Waals surface area contributed by atoms with E-state index in [0.717, 1.165) is 11.1 Å². The molecule has 0 amide bonds. The summed E-state index contributed by atoms with van der Waals surface area (Å²) >= 11 is 0. The first kappa shape index (κ1) is 21.2. The Hall–Kier alpha value is -2.55. The molecule has 0 bridgehead atoms. The molecule has 154 valence electrons. The normalized spacial score (nSPS) is 15.1. The molecular weight excluding hydrogens is 394 g/mol. The molecule has 2 aromatic rings. The molecule has 7 nitrogen and oxygen atoms in total. The molecule has 0 N–H and O–H groups in total. The molecule has 0 saturated carbocycles. The molecular formula is C21H23NO6S. The molecule has 0 spiro atoms. The van der Waals surface area contributed by atoms with Crippen LogP contribution in [0.15, 0.2) is 47.4 Å². The predicted molar refractivity (Wildman–Crippen MR) is 107 cm³/mol. The van der Waals surface area contributed by atoms with E-state index >= 15 is 0 Å². The van der Waals surface area contributed by atoms with Gasteiger partial charge in [0, 0.05) is 18.7 Å². The summed E-state index contributed by atoms with van der Waals surface area (Å²) in [4.78, 5) is 24.7. The summed E-state index contributed by atoms with van der Waals surface area (Å²) in [7, 11) is -3.63. The molecule has 1 aliphatic heterocycles. The highest BCUT2D eigenvalue weighted by atomic mass is 32.2. The van der Waals surface area contributed by atoms with Crippen molar-refractivity contribution in [2.75, 3.05) is 32.9 Å². The Morgan fingerprint density at radius 3 is 2.34 bits per heavy atom. The van der Waals surface area contributed by atoms with Crippen molar-refractivity contribution in [1.82, 2.24) is 4.31 Å². The molecule has 0 unspecified atom stereocenters. The Bertz CT molecular complexity index is 1010. The lowest BCUT2D eigenvalue weighted by molar-refractivity contribution is 0.0474. The lowest BCUT2D eigenvalue weighted by Gasteiger charge is -2.26. The maximum absolute atomic E-state index is 12.6. The Morgan fingerprint density at radius 2 is 1.69 bits per heavy atom. The van der Waals surface area contributed by atoms with E-state index in [1.54, 1.807) is 6.07 Å². The number of sulfonamides is 1. The van der Waals surface area contributed by atoms with Crippen LogP contribution in [-0.4, -0.2) is 57.4 Å². The second kappa shape index (κ2) is 8.86. The lowest BCUT2D eigenvalue weighted by Crippen LogP contribution is -2.40. The molecule has 0 radical (unpaired) electrons. The van der Waals surface area contributed by atoms with Crippen molar-refractivity contribution < 1.29 is 27.5 Å². The number of carbonyl (C=O) groups is 2. The number of hydrogen-bond acceptors (Lipinski definition) is 6. The molecule has 3 rings (SSSR count). The average Bonchev–Trinajstić information content (AvgIpc) is 2.74. The number of esters is 1. The summed E-state index contributed by atoms with van der Waals surface area (Å²) in [5.41, 5.74) is 2.46. The number of Topliss-reactive ketones (excluding diaryl/α,β-unsaturated/α-hetero) is 1. The van der Waals surface area contributed by atoms with E-state index in [1.807, 2.05) is 26.0 Å². The van der Waals surface area contributed by atoms with Gasteiger partial charge in [-0.05, 0) is 49.7 Å². The highest BCUT2D eigenvalue weighted by Crippen LogP contribution is 2.18. The largest absolute Gasteiger partial charge is 0.454 e. The maximum atomic E-state index is 12.6. The Morgan fingerprint density at radius 1 is 1.03 bits per heavy atom. The van der Waals surface area contributed by atoms with Gasteiger partial charge in [-0.3, -0.25) is 4.79 Å². The Labute approximate surface area is 170 Å². The van der Waals surface area contributed by atoms with E-state index in [9.17, 15) is 18.0 Å². The fourth-order valence-electron chi connectivity index (χ4n) is 3.03. The number of rotatable bonds is 6. The molecule has 29 heavy (non-hydrogen) atoms. The van der Waals surface area contributed by atoms with E-state index < -0.39 is 16.0 Å². The van der Waals surface area contributed by atoms with Crippen LogP contribution in [0.1, 0.15) is 31.8 Å². The highest BCUT2D eigenvalue weighted by Gasteiger charge is 2.26. The third-order valence-electron chi connectivity index (χ3n) is 4.73. The molecule has 1 saturated heterocycles. The molecule has 1 aliphatic rings. The predicted octanol–water partition coefficient (Wildman–Crippen LogP) is 2.36. The van der Waals surface area contributed by atoms with Crippen molar-refractivity contribution in [2.24, 2.45) is 0 Å². The van der Waals surface area contributed by atoms with Crippen LogP contribution in [0.2, 0.25) is 0 Å². The first-order valence-electron chi connectivity index (χ1n) is 9.24. The molecule has 0 aromatic heterocycles. The first-order chi connectivity index (χ1) is 13.8. The van der Waals surface area contributed by atoms with E-state index in [1.165, 1.54) is 28.6 Å². The smallest absolute Gasteiger partial charge is 0.338 e. The van der Waals surface area contributed by atoms with Gasteiger partial charge >= 0.3 is 5.97 Å². The zero-order chi connectivity index (χ0) is 21.0. The Balaban J connectivity index is 1.64. The number of aryl methyl sites for hydroxylation is 2. The zero-order valence-corrected chi connectivity index (χ0v) is 17.2. The van der Waals surface area contributed by atoms with Gasteiger partial charge in [0.05, 0.1) is 23.7 Å². The monoisotopic (exact) mass is 417 g/mol. The van der Waals surface area contributed by atoms with Gasteiger partial charge in [0.1, 0.15) is 0 Å². The highest BCUT2D eigenvalue weighted by molar-refractivity contribution is 7.89. The minimum atomic E-state index is -3.63. The van der Waals surface area contributed by atoms with Gasteiger partial charge in [-0.2, -0.15) is 4.31 Å². The van der Waals surface area contributed by atoms with Crippen LogP contribution in [0.3, 0.4) is 0 Å². The third-order valence-corrected chi connectivity index (χ3v) is 6.64. The molecule has 0 aliphatic carbocycles. The summed E-state index contributed by atoms with van der Waals surface area (Å²) < 4.78 is 36.9. The number of hydrogen-bond donors (Lipinski definition) is 0. The van der Waals surface area contributed by atoms with Gasteiger partial charge < -0.3 is 9.47 Å². The number of ketones is 1. The van der Waals surface area contributed by atoms with Crippen LogP contribution in [0.25, 0.3) is 0 Å². The van der Waals surface area contributed by atoms with Crippen molar-refractivity contribution in [2.45, 2.75) is 18.7 Å². The van der Waals surface area contributed by atoms with E-state index in [4.69, 9.17) is 9.47 Å². The Kier molecular flexibility index (Phi) is 6.46. The van der Waals surface area contributed by atoms with Crippen molar-refractivity contribution >= 4 is 21.8 Å². The molecule has 1 fully saturated rings. The van der Waals surface area contributed by atoms with Crippen LogP contribution in [-0.2, 0) is 19.5 Å². The summed E-state index contributed by atoms with van der Waals surface area (Å²) in [6.45, 7) is 4.64. The molecule has 2 aromatic carbocycles. The van der Waals surface area contributed by atoms with Gasteiger partial charge in [0.25, 0.3) is 0 Å². The van der Waals surface area contributed by atoms with Gasteiger partial charge in [0.15, 0.2) is 6.61 Å². The quantitative estimate of drug-likeness (QED) is 0.529. The van der Waals surface area contributed by atoms with Gasteiger partial charge in [-0.25, -0.2) is 13.2 Å². The fourth-order valence-corrected chi connectivity index (χ4v) is 4.44. The molecule has 1 heterocycles. The van der Waals surface area contributed by atoms with Crippen LogP contribution in [0.4, 0.5) is 0 Å². The van der Waals surface area contributed by atoms with Crippen LogP contribution >= 0.6 is 0 Å². The van der Waals surface area contributed by atoms with Crippen LogP contribution in [0, 0.1) is 13.8 Å². The zero-order valence-electron chi connectivity index (χ0n) is 16.4. The minimum absolute atomic E-state index is 0.0995.